The number of nitrogens with zero attached hydrogens (tertiary/aromatic N) is 3. The average molecular weight is 367 g/mol. The number of hydrogen-bond acceptors (Lipinski definition) is 4. The monoisotopic (exact) mass is 367 g/mol. The highest BCUT2D eigenvalue weighted by Crippen LogP contribution is 2.25. The topological polar surface area (TPSA) is 50.8 Å². The van der Waals surface area contributed by atoms with E-state index in [1.807, 2.05) is 42.5 Å². The van der Waals surface area contributed by atoms with Gasteiger partial charge in [-0.05, 0) is 56.2 Å². The molecule has 4 rings (SSSR count). The summed E-state index contributed by atoms with van der Waals surface area (Å²) >= 11 is 0. The van der Waals surface area contributed by atoms with Crippen LogP contribution in [0.4, 0.5) is 11.4 Å². The van der Waals surface area contributed by atoms with Crippen LogP contribution in [-0.2, 0) is 0 Å². The van der Waals surface area contributed by atoms with E-state index < -0.39 is 0 Å². The summed E-state index contributed by atoms with van der Waals surface area (Å²) in [6, 6.07) is 17.9. The summed E-state index contributed by atoms with van der Waals surface area (Å²) in [5, 5.41) is 1.06. The van der Waals surface area contributed by atoms with Crippen LogP contribution >= 0.6 is 0 Å². The first-order valence-corrected chi connectivity index (χ1v) is 9.20. The Bertz CT molecular complexity index is 1170. The summed E-state index contributed by atoms with van der Waals surface area (Å²) in [6.07, 6.45) is 5.24. The van der Waals surface area contributed by atoms with Gasteiger partial charge in [-0.3, -0.25) is 15.0 Å². The van der Waals surface area contributed by atoms with E-state index in [4.69, 9.17) is 4.42 Å². The van der Waals surface area contributed by atoms with Gasteiger partial charge in [-0.15, -0.1) is 0 Å². The minimum Gasteiger partial charge on any atom is -0.454 e. The number of rotatable bonds is 4. The van der Waals surface area contributed by atoms with Crippen LogP contribution in [0.2, 0.25) is 0 Å². The lowest BCUT2D eigenvalue weighted by Crippen LogP contribution is -1.85. The van der Waals surface area contributed by atoms with Crippen LogP contribution in [0.15, 0.2) is 75.2 Å². The van der Waals surface area contributed by atoms with Gasteiger partial charge in [-0.2, -0.15) is 0 Å². The quantitative estimate of drug-likeness (QED) is 0.400. The van der Waals surface area contributed by atoms with Crippen LogP contribution < -0.4 is 0 Å². The van der Waals surface area contributed by atoms with Crippen molar-refractivity contribution in [3.05, 3.63) is 89.0 Å². The molecular formula is C24H21N3O. The average Bonchev–Trinajstić information content (AvgIpc) is 3.13. The van der Waals surface area contributed by atoms with Gasteiger partial charge in [0.15, 0.2) is 0 Å². The number of aromatic nitrogens is 1. The minimum atomic E-state index is 0.673. The molecule has 0 aliphatic carbocycles. The highest BCUT2D eigenvalue weighted by atomic mass is 16.3. The Kier molecular flexibility index (Phi) is 4.85. The van der Waals surface area contributed by atoms with Gasteiger partial charge >= 0.3 is 0 Å². The number of aliphatic imine (C=N–C) groups is 2. The van der Waals surface area contributed by atoms with E-state index in [9.17, 15) is 0 Å². The number of aryl methyl sites for hydroxylation is 3. The van der Waals surface area contributed by atoms with Crippen molar-refractivity contribution in [2.24, 2.45) is 9.98 Å². The third-order valence-corrected chi connectivity index (χ3v) is 4.55. The van der Waals surface area contributed by atoms with Crippen molar-refractivity contribution in [2.75, 3.05) is 0 Å². The molecule has 2 aromatic heterocycles. The third kappa shape index (κ3) is 3.76. The van der Waals surface area contributed by atoms with Gasteiger partial charge in [0.05, 0.1) is 29.3 Å². The molecule has 138 valence electrons. The van der Waals surface area contributed by atoms with Crippen LogP contribution in [-0.4, -0.2) is 17.4 Å². The molecule has 4 aromatic rings. The van der Waals surface area contributed by atoms with E-state index >= 15 is 0 Å². The predicted molar refractivity (Wildman–Crippen MR) is 116 cm³/mol. The molecule has 0 aliphatic heterocycles. The smallest absolute Gasteiger partial charge is 0.145 e. The van der Waals surface area contributed by atoms with Gasteiger partial charge in [0.25, 0.3) is 0 Å². The maximum Gasteiger partial charge on any atom is 0.145 e. The number of fused-ring (bicyclic) bond motifs is 1. The summed E-state index contributed by atoms with van der Waals surface area (Å²) in [6.45, 7) is 6.24. The first kappa shape index (κ1) is 17.9. The van der Waals surface area contributed by atoms with Crippen molar-refractivity contribution >= 4 is 34.7 Å². The Hall–Kier alpha value is -3.53. The zero-order valence-corrected chi connectivity index (χ0v) is 16.2. The molecule has 0 atom stereocenters. The van der Waals surface area contributed by atoms with Crippen molar-refractivity contribution in [3.8, 4) is 0 Å². The molecule has 0 fully saturated rings. The first-order chi connectivity index (χ1) is 13.6. The second-order valence-corrected chi connectivity index (χ2v) is 6.86. The molecule has 0 spiro atoms. The van der Waals surface area contributed by atoms with Crippen molar-refractivity contribution in [2.45, 2.75) is 20.8 Å². The van der Waals surface area contributed by atoms with Gasteiger partial charge in [0.1, 0.15) is 11.5 Å². The Morgan fingerprint density at radius 3 is 2.25 bits per heavy atom. The van der Waals surface area contributed by atoms with Crippen LogP contribution in [0, 0.1) is 20.8 Å². The maximum absolute atomic E-state index is 5.82. The molecule has 0 radical (unpaired) electrons. The zero-order valence-electron chi connectivity index (χ0n) is 16.2. The normalized spacial score (nSPS) is 11.8. The Labute approximate surface area is 164 Å². The number of pyridine rings is 1. The summed E-state index contributed by atoms with van der Waals surface area (Å²) in [5.41, 5.74) is 6.24. The maximum atomic E-state index is 5.82. The fourth-order valence-corrected chi connectivity index (χ4v) is 3.34. The fourth-order valence-electron chi connectivity index (χ4n) is 3.34. The number of para-hydroxylation sites is 1. The summed E-state index contributed by atoms with van der Waals surface area (Å²) in [4.78, 5) is 13.6. The first-order valence-electron chi connectivity index (χ1n) is 9.20. The van der Waals surface area contributed by atoms with Crippen LogP contribution in [0.3, 0.4) is 0 Å². The molecule has 0 unspecified atom stereocenters. The second-order valence-electron chi connectivity index (χ2n) is 6.86. The van der Waals surface area contributed by atoms with E-state index in [2.05, 4.69) is 47.9 Å². The largest absolute Gasteiger partial charge is 0.454 e. The summed E-state index contributed by atoms with van der Waals surface area (Å²) in [5.74, 6) is 1.36. The molecule has 2 aromatic carbocycles. The Morgan fingerprint density at radius 2 is 1.50 bits per heavy atom. The standard InChI is InChI=1S/C24H21N3O/c1-16-12-17(2)23(18(3)13-16)27-15-21-10-9-20(28-21)14-26-22-8-4-6-19-7-5-11-25-24(19)22/h4-15H,1-3H3. The third-order valence-electron chi connectivity index (χ3n) is 4.55. The van der Waals surface area contributed by atoms with Crippen molar-refractivity contribution in [3.63, 3.8) is 0 Å². The highest BCUT2D eigenvalue weighted by molar-refractivity contribution is 5.92. The predicted octanol–water partition coefficient (Wildman–Crippen LogP) is 6.25. The van der Waals surface area contributed by atoms with Gasteiger partial charge in [-0.1, -0.05) is 35.9 Å². The Morgan fingerprint density at radius 1 is 0.821 bits per heavy atom. The van der Waals surface area contributed by atoms with Gasteiger partial charge in [0.2, 0.25) is 0 Å². The molecule has 0 saturated heterocycles. The lowest BCUT2D eigenvalue weighted by molar-refractivity contribution is 0.553. The van der Waals surface area contributed by atoms with Crippen LogP contribution in [0.1, 0.15) is 28.2 Å². The number of benzene rings is 2. The SMILES string of the molecule is Cc1cc(C)c(N=Cc2ccc(C=Nc3cccc4cccnc34)o2)c(C)c1. The van der Waals surface area contributed by atoms with Crippen molar-refractivity contribution in [1.29, 1.82) is 0 Å². The van der Waals surface area contributed by atoms with E-state index in [0.29, 0.717) is 11.5 Å². The van der Waals surface area contributed by atoms with E-state index in [-0.39, 0.29) is 0 Å². The molecule has 0 N–H and O–H groups in total. The summed E-state index contributed by atoms with van der Waals surface area (Å²) < 4.78 is 5.82. The van der Waals surface area contributed by atoms with E-state index in [1.54, 1.807) is 18.6 Å². The van der Waals surface area contributed by atoms with E-state index in [1.165, 1.54) is 5.56 Å². The van der Waals surface area contributed by atoms with Crippen molar-refractivity contribution in [1.82, 2.24) is 4.98 Å². The highest BCUT2D eigenvalue weighted by Gasteiger charge is 2.04. The van der Waals surface area contributed by atoms with Crippen molar-refractivity contribution < 1.29 is 4.42 Å². The number of hydrogen-bond donors (Lipinski definition) is 0. The lowest BCUT2D eigenvalue weighted by Gasteiger charge is -2.05. The molecule has 4 nitrogen and oxygen atoms in total. The second kappa shape index (κ2) is 7.61. The van der Waals surface area contributed by atoms with E-state index in [0.717, 1.165) is 33.4 Å². The molecule has 4 heteroatoms. The molecule has 0 saturated carbocycles. The number of furan rings is 1. The van der Waals surface area contributed by atoms with Crippen LogP contribution in [0.5, 0.6) is 0 Å². The molecular weight excluding hydrogens is 346 g/mol. The molecule has 28 heavy (non-hydrogen) atoms. The lowest BCUT2D eigenvalue weighted by atomic mass is 10.1. The fraction of sp³-hybridized carbons (Fsp3) is 0.125. The molecule has 0 bridgehead atoms. The zero-order chi connectivity index (χ0) is 19.5. The molecule has 2 heterocycles. The molecule has 0 aliphatic rings. The minimum absolute atomic E-state index is 0.673. The molecule has 0 amide bonds. The van der Waals surface area contributed by atoms with Gasteiger partial charge in [-0.25, -0.2) is 0 Å². The van der Waals surface area contributed by atoms with Gasteiger partial charge < -0.3 is 4.42 Å². The Balaban J connectivity index is 1.56. The summed E-state index contributed by atoms with van der Waals surface area (Å²) in [7, 11) is 0. The van der Waals surface area contributed by atoms with Gasteiger partial charge in [0, 0.05) is 11.6 Å². The van der Waals surface area contributed by atoms with Crippen LogP contribution in [0.25, 0.3) is 10.9 Å².